The molecule has 0 bridgehead atoms. The van der Waals surface area contributed by atoms with E-state index in [0.717, 1.165) is 36.6 Å². The monoisotopic (exact) mass is 268 g/mol. The summed E-state index contributed by atoms with van der Waals surface area (Å²) in [6, 6.07) is 7.89. The summed E-state index contributed by atoms with van der Waals surface area (Å²) in [6.45, 7) is 9.93. The number of hydrogen-bond acceptors (Lipinski definition) is 2. The lowest BCUT2D eigenvalue weighted by Gasteiger charge is -2.24. The lowest BCUT2D eigenvalue weighted by atomic mass is 10.0. The van der Waals surface area contributed by atoms with Crippen molar-refractivity contribution in [2.75, 3.05) is 19.6 Å². The van der Waals surface area contributed by atoms with Crippen molar-refractivity contribution >= 4 is 11.6 Å². The Hall–Kier alpha value is -0.570. The van der Waals surface area contributed by atoms with Gasteiger partial charge >= 0.3 is 0 Å². The van der Waals surface area contributed by atoms with Crippen LogP contribution < -0.4 is 5.73 Å². The van der Waals surface area contributed by atoms with Crippen LogP contribution in [0.4, 0.5) is 0 Å². The molecule has 0 aliphatic heterocycles. The molecule has 102 valence electrons. The minimum Gasteiger partial charge on any atom is -0.324 e. The minimum absolute atomic E-state index is 0.0277. The van der Waals surface area contributed by atoms with Crippen LogP contribution in [0.5, 0.6) is 0 Å². The number of nitrogens with two attached hydrogens (primary N) is 1. The molecule has 0 fully saturated rings. The fraction of sp³-hybridized carbons (Fsp3) is 0.600. The van der Waals surface area contributed by atoms with Gasteiger partial charge < -0.3 is 10.6 Å². The SMILES string of the molecule is CCN(CCC(N)c1ccccc1Cl)CC(C)C. The average molecular weight is 269 g/mol. The first kappa shape index (κ1) is 15.5. The van der Waals surface area contributed by atoms with Crippen LogP contribution in [0, 0.1) is 5.92 Å². The van der Waals surface area contributed by atoms with Crippen LogP contribution in [0.25, 0.3) is 0 Å². The highest BCUT2D eigenvalue weighted by Crippen LogP contribution is 2.23. The molecule has 0 aromatic heterocycles. The first-order chi connectivity index (χ1) is 8.54. The second kappa shape index (κ2) is 7.78. The maximum absolute atomic E-state index is 6.22. The maximum Gasteiger partial charge on any atom is 0.0453 e. The van der Waals surface area contributed by atoms with Crippen molar-refractivity contribution in [3.8, 4) is 0 Å². The van der Waals surface area contributed by atoms with Crippen LogP contribution in [0.1, 0.15) is 38.8 Å². The van der Waals surface area contributed by atoms with Crippen LogP contribution in [0.2, 0.25) is 5.02 Å². The van der Waals surface area contributed by atoms with Crippen LogP contribution in [-0.2, 0) is 0 Å². The molecule has 0 saturated carbocycles. The molecular weight excluding hydrogens is 244 g/mol. The Morgan fingerprint density at radius 3 is 2.50 bits per heavy atom. The van der Waals surface area contributed by atoms with E-state index in [0.29, 0.717) is 5.92 Å². The zero-order valence-corrected chi connectivity index (χ0v) is 12.5. The third-order valence-electron chi connectivity index (χ3n) is 3.13. The fourth-order valence-electron chi connectivity index (χ4n) is 2.15. The molecule has 0 spiro atoms. The molecule has 0 aliphatic rings. The van der Waals surface area contributed by atoms with Gasteiger partial charge in [-0.1, -0.05) is 50.6 Å². The largest absolute Gasteiger partial charge is 0.324 e. The molecule has 0 saturated heterocycles. The molecule has 3 heteroatoms. The van der Waals surface area contributed by atoms with E-state index < -0.39 is 0 Å². The maximum atomic E-state index is 6.22. The minimum atomic E-state index is 0.0277. The second-order valence-corrected chi connectivity index (χ2v) is 5.61. The van der Waals surface area contributed by atoms with E-state index in [2.05, 4.69) is 25.7 Å². The lowest BCUT2D eigenvalue weighted by Crippen LogP contribution is -2.30. The molecule has 1 rings (SSSR count). The number of nitrogens with zero attached hydrogens (tertiary/aromatic N) is 1. The Labute approximate surface area is 116 Å². The van der Waals surface area contributed by atoms with Crippen molar-refractivity contribution in [3.05, 3.63) is 34.9 Å². The van der Waals surface area contributed by atoms with E-state index in [1.54, 1.807) is 0 Å². The van der Waals surface area contributed by atoms with Gasteiger partial charge in [0, 0.05) is 17.6 Å². The Bertz CT molecular complexity index is 352. The van der Waals surface area contributed by atoms with Crippen LogP contribution >= 0.6 is 11.6 Å². The molecule has 2 N–H and O–H groups in total. The highest BCUT2D eigenvalue weighted by atomic mass is 35.5. The molecule has 18 heavy (non-hydrogen) atoms. The summed E-state index contributed by atoms with van der Waals surface area (Å²) in [6.07, 6.45) is 0.949. The zero-order chi connectivity index (χ0) is 13.5. The second-order valence-electron chi connectivity index (χ2n) is 5.20. The van der Waals surface area contributed by atoms with E-state index in [4.69, 9.17) is 17.3 Å². The first-order valence-electron chi connectivity index (χ1n) is 6.77. The summed E-state index contributed by atoms with van der Waals surface area (Å²) in [5.41, 5.74) is 7.27. The van der Waals surface area contributed by atoms with Gasteiger partial charge in [-0.2, -0.15) is 0 Å². The van der Waals surface area contributed by atoms with Crippen LogP contribution in [-0.4, -0.2) is 24.5 Å². The quantitative estimate of drug-likeness (QED) is 0.817. The molecule has 2 nitrogen and oxygen atoms in total. The van der Waals surface area contributed by atoms with Gasteiger partial charge in [0.2, 0.25) is 0 Å². The molecule has 1 aromatic carbocycles. The molecular formula is C15H25ClN2. The van der Waals surface area contributed by atoms with Crippen LogP contribution in [0.15, 0.2) is 24.3 Å². The topological polar surface area (TPSA) is 29.3 Å². The molecule has 0 aliphatic carbocycles. The number of rotatable bonds is 7. The highest BCUT2D eigenvalue weighted by Gasteiger charge is 2.12. The Kier molecular flexibility index (Phi) is 6.69. The molecule has 1 unspecified atom stereocenters. The number of benzene rings is 1. The van der Waals surface area contributed by atoms with Crippen molar-refractivity contribution in [2.24, 2.45) is 11.7 Å². The van der Waals surface area contributed by atoms with Gasteiger partial charge in [0.1, 0.15) is 0 Å². The van der Waals surface area contributed by atoms with E-state index in [1.807, 2.05) is 24.3 Å². The summed E-state index contributed by atoms with van der Waals surface area (Å²) < 4.78 is 0. The Balaban J connectivity index is 2.50. The van der Waals surface area contributed by atoms with Gasteiger partial charge in [-0.25, -0.2) is 0 Å². The van der Waals surface area contributed by atoms with Crippen LogP contribution in [0.3, 0.4) is 0 Å². The van der Waals surface area contributed by atoms with Gasteiger partial charge in [-0.15, -0.1) is 0 Å². The van der Waals surface area contributed by atoms with Crippen molar-refractivity contribution in [2.45, 2.75) is 33.2 Å². The zero-order valence-electron chi connectivity index (χ0n) is 11.7. The molecule has 0 amide bonds. The smallest absolute Gasteiger partial charge is 0.0453 e. The number of hydrogen-bond donors (Lipinski definition) is 1. The summed E-state index contributed by atoms with van der Waals surface area (Å²) in [5.74, 6) is 0.696. The summed E-state index contributed by atoms with van der Waals surface area (Å²) >= 11 is 6.16. The molecule has 0 radical (unpaired) electrons. The third-order valence-corrected chi connectivity index (χ3v) is 3.48. The van der Waals surface area contributed by atoms with E-state index >= 15 is 0 Å². The van der Waals surface area contributed by atoms with Crippen molar-refractivity contribution in [3.63, 3.8) is 0 Å². The molecule has 1 atom stereocenters. The first-order valence-corrected chi connectivity index (χ1v) is 7.14. The van der Waals surface area contributed by atoms with Gasteiger partial charge in [-0.3, -0.25) is 0 Å². The average Bonchev–Trinajstić information content (AvgIpc) is 2.34. The van der Waals surface area contributed by atoms with E-state index in [-0.39, 0.29) is 6.04 Å². The summed E-state index contributed by atoms with van der Waals surface area (Å²) in [4.78, 5) is 2.45. The Morgan fingerprint density at radius 1 is 1.28 bits per heavy atom. The van der Waals surface area contributed by atoms with Crippen molar-refractivity contribution in [1.29, 1.82) is 0 Å². The standard InChI is InChI=1S/C15H25ClN2/c1-4-18(11-12(2)3)10-9-15(17)13-7-5-6-8-14(13)16/h5-8,12,15H,4,9-11,17H2,1-3H3. The van der Waals surface area contributed by atoms with Gasteiger partial charge in [0.05, 0.1) is 0 Å². The molecule has 0 heterocycles. The third kappa shape index (κ3) is 4.97. The predicted molar refractivity (Wildman–Crippen MR) is 79.9 cm³/mol. The fourth-order valence-corrected chi connectivity index (χ4v) is 2.42. The summed E-state index contributed by atoms with van der Waals surface area (Å²) in [7, 11) is 0. The normalized spacial score (nSPS) is 13.3. The van der Waals surface area contributed by atoms with Crippen molar-refractivity contribution in [1.82, 2.24) is 4.90 Å². The lowest BCUT2D eigenvalue weighted by molar-refractivity contribution is 0.247. The van der Waals surface area contributed by atoms with E-state index in [9.17, 15) is 0 Å². The Morgan fingerprint density at radius 2 is 1.94 bits per heavy atom. The molecule has 1 aromatic rings. The summed E-state index contributed by atoms with van der Waals surface area (Å²) in [5, 5.41) is 0.775. The highest BCUT2D eigenvalue weighted by molar-refractivity contribution is 6.31. The van der Waals surface area contributed by atoms with Gasteiger partial charge in [0.15, 0.2) is 0 Å². The van der Waals surface area contributed by atoms with Gasteiger partial charge in [-0.05, 0) is 37.1 Å². The van der Waals surface area contributed by atoms with Gasteiger partial charge in [0.25, 0.3) is 0 Å². The predicted octanol–water partition coefficient (Wildman–Crippen LogP) is 3.71. The van der Waals surface area contributed by atoms with Crippen molar-refractivity contribution < 1.29 is 0 Å². The number of halogens is 1. The van der Waals surface area contributed by atoms with E-state index in [1.165, 1.54) is 0 Å².